The molecule has 7 nitrogen and oxygen atoms in total. The van der Waals surface area contributed by atoms with E-state index in [2.05, 4.69) is 5.16 Å². The number of hydrogen-bond donors (Lipinski definition) is 0. The maximum atomic E-state index is 12.9. The number of furan rings is 1. The number of nitrogens with zero attached hydrogens (tertiary/aromatic N) is 2. The molecule has 0 fully saturated rings. The summed E-state index contributed by atoms with van der Waals surface area (Å²) in [6.45, 7) is 5.41. The molecular formula is C21H24N2O5. The van der Waals surface area contributed by atoms with Gasteiger partial charge in [-0.3, -0.25) is 4.79 Å². The van der Waals surface area contributed by atoms with Crippen LogP contribution >= 0.6 is 0 Å². The van der Waals surface area contributed by atoms with E-state index in [4.69, 9.17) is 18.4 Å². The molecule has 0 N–H and O–H groups in total. The van der Waals surface area contributed by atoms with Crippen LogP contribution in [0.1, 0.15) is 33.1 Å². The Labute approximate surface area is 163 Å². The molecule has 1 aromatic carbocycles. The summed E-state index contributed by atoms with van der Waals surface area (Å²) in [6, 6.07) is 10.7. The second-order valence-corrected chi connectivity index (χ2v) is 6.41. The van der Waals surface area contributed by atoms with Crippen molar-refractivity contribution in [1.29, 1.82) is 0 Å². The van der Waals surface area contributed by atoms with Gasteiger partial charge in [-0.2, -0.15) is 0 Å². The molecule has 3 aromatic rings. The van der Waals surface area contributed by atoms with Gasteiger partial charge in [-0.25, -0.2) is 0 Å². The minimum absolute atomic E-state index is 0.0919. The van der Waals surface area contributed by atoms with E-state index in [1.54, 1.807) is 48.6 Å². The molecule has 3 rings (SSSR count). The Morgan fingerprint density at radius 1 is 1.18 bits per heavy atom. The number of amides is 1. The van der Waals surface area contributed by atoms with E-state index in [0.29, 0.717) is 37.6 Å². The first kappa shape index (κ1) is 19.7. The number of methoxy groups -OCH3 is 1. The fourth-order valence-electron chi connectivity index (χ4n) is 2.78. The Kier molecular flexibility index (Phi) is 6.49. The van der Waals surface area contributed by atoms with Crippen molar-refractivity contribution in [2.45, 2.75) is 27.0 Å². The highest BCUT2D eigenvalue weighted by molar-refractivity contribution is 5.94. The van der Waals surface area contributed by atoms with Crippen LogP contribution in [0.5, 0.6) is 5.75 Å². The predicted octanol–water partition coefficient (Wildman–Crippen LogP) is 3.75. The normalized spacial score (nSPS) is 10.8. The smallest absolute Gasteiger partial charge is 0.254 e. The van der Waals surface area contributed by atoms with Crippen molar-refractivity contribution in [1.82, 2.24) is 10.1 Å². The second kappa shape index (κ2) is 9.23. The molecule has 7 heteroatoms. The lowest BCUT2D eigenvalue weighted by atomic mass is 10.2. The zero-order valence-corrected chi connectivity index (χ0v) is 16.3. The predicted molar refractivity (Wildman–Crippen MR) is 102 cm³/mol. The third-order valence-electron chi connectivity index (χ3n) is 4.44. The summed E-state index contributed by atoms with van der Waals surface area (Å²) in [7, 11) is 1.61. The molecule has 0 unspecified atom stereocenters. The lowest BCUT2D eigenvalue weighted by Crippen LogP contribution is -2.33. The SMILES string of the molecule is COCCN(Cc1ccco1)C(=O)c1ccc(OCc2c(C)noc2C)cc1. The van der Waals surface area contributed by atoms with Crippen LogP contribution in [0.15, 0.2) is 51.6 Å². The first-order valence-corrected chi connectivity index (χ1v) is 9.03. The first-order valence-electron chi connectivity index (χ1n) is 9.03. The Morgan fingerprint density at radius 3 is 2.57 bits per heavy atom. The lowest BCUT2D eigenvalue weighted by Gasteiger charge is -2.21. The molecule has 1 amide bonds. The van der Waals surface area contributed by atoms with E-state index in [0.717, 1.165) is 22.8 Å². The third kappa shape index (κ3) is 4.80. The van der Waals surface area contributed by atoms with Gasteiger partial charge in [0.15, 0.2) is 0 Å². The van der Waals surface area contributed by atoms with E-state index in [1.165, 1.54) is 0 Å². The molecule has 0 spiro atoms. The summed E-state index contributed by atoms with van der Waals surface area (Å²) < 4.78 is 21.4. The highest BCUT2D eigenvalue weighted by Gasteiger charge is 2.17. The molecule has 2 heterocycles. The van der Waals surface area contributed by atoms with E-state index >= 15 is 0 Å². The number of carbonyl (C=O) groups excluding carboxylic acids is 1. The summed E-state index contributed by atoms with van der Waals surface area (Å²) in [4.78, 5) is 14.6. The van der Waals surface area contributed by atoms with Crippen LogP contribution in [0.4, 0.5) is 0 Å². The van der Waals surface area contributed by atoms with Crippen LogP contribution in [0.3, 0.4) is 0 Å². The molecule has 148 valence electrons. The van der Waals surface area contributed by atoms with Crippen LogP contribution < -0.4 is 4.74 Å². The molecule has 0 aliphatic carbocycles. The molecule has 0 aliphatic rings. The topological polar surface area (TPSA) is 77.9 Å². The van der Waals surface area contributed by atoms with Gasteiger partial charge < -0.3 is 23.3 Å². The van der Waals surface area contributed by atoms with Crippen molar-refractivity contribution in [3.63, 3.8) is 0 Å². The van der Waals surface area contributed by atoms with Gasteiger partial charge >= 0.3 is 0 Å². The monoisotopic (exact) mass is 384 g/mol. The molecule has 0 aliphatic heterocycles. The number of ether oxygens (including phenoxy) is 2. The van der Waals surface area contributed by atoms with Crippen LogP contribution in [0.25, 0.3) is 0 Å². The van der Waals surface area contributed by atoms with E-state index in [1.807, 2.05) is 19.9 Å². The summed E-state index contributed by atoms with van der Waals surface area (Å²) in [5, 5.41) is 3.92. The van der Waals surface area contributed by atoms with Gasteiger partial charge in [0.05, 0.1) is 30.7 Å². The van der Waals surface area contributed by atoms with Crippen LogP contribution in [-0.4, -0.2) is 36.2 Å². The Balaban J connectivity index is 1.65. The standard InChI is InChI=1S/C21H24N2O5/c1-15-20(16(2)28-22-15)14-27-18-8-6-17(7-9-18)21(24)23(10-12-25-3)13-19-5-4-11-26-19/h4-9,11H,10,12-14H2,1-3H3. The number of carbonyl (C=O) groups is 1. The average molecular weight is 384 g/mol. The van der Waals surface area contributed by atoms with E-state index in [-0.39, 0.29) is 5.91 Å². The summed E-state index contributed by atoms with van der Waals surface area (Å²) in [6.07, 6.45) is 1.60. The van der Waals surface area contributed by atoms with Crippen molar-refractivity contribution in [2.24, 2.45) is 0 Å². The maximum absolute atomic E-state index is 12.9. The number of aromatic nitrogens is 1. The number of hydrogen-bond acceptors (Lipinski definition) is 6. The largest absolute Gasteiger partial charge is 0.489 e. The Morgan fingerprint density at radius 2 is 1.96 bits per heavy atom. The van der Waals surface area contributed by atoms with Gasteiger partial charge in [-0.15, -0.1) is 0 Å². The zero-order valence-electron chi connectivity index (χ0n) is 16.3. The van der Waals surface area contributed by atoms with Crippen LogP contribution in [0, 0.1) is 13.8 Å². The van der Waals surface area contributed by atoms with Gasteiger partial charge in [0, 0.05) is 19.2 Å². The summed E-state index contributed by atoms with van der Waals surface area (Å²) in [5.74, 6) is 2.05. The van der Waals surface area contributed by atoms with Crippen LogP contribution in [-0.2, 0) is 17.9 Å². The van der Waals surface area contributed by atoms with Crippen molar-refractivity contribution >= 4 is 5.91 Å². The number of rotatable bonds is 9. The quantitative estimate of drug-likeness (QED) is 0.559. The molecule has 0 saturated carbocycles. The molecule has 0 bridgehead atoms. The van der Waals surface area contributed by atoms with Gasteiger partial charge in [0.2, 0.25) is 0 Å². The van der Waals surface area contributed by atoms with Gasteiger partial charge in [-0.1, -0.05) is 5.16 Å². The summed E-state index contributed by atoms with van der Waals surface area (Å²) in [5.41, 5.74) is 2.33. The lowest BCUT2D eigenvalue weighted by molar-refractivity contribution is 0.0666. The molecular weight excluding hydrogens is 360 g/mol. The van der Waals surface area contributed by atoms with Gasteiger partial charge in [-0.05, 0) is 50.2 Å². The minimum atomic E-state index is -0.0919. The zero-order chi connectivity index (χ0) is 19.9. The number of aryl methyl sites for hydroxylation is 2. The average Bonchev–Trinajstić information content (AvgIpc) is 3.33. The van der Waals surface area contributed by atoms with Gasteiger partial charge in [0.25, 0.3) is 5.91 Å². The summed E-state index contributed by atoms with van der Waals surface area (Å²) >= 11 is 0. The number of benzene rings is 1. The Bertz CT molecular complexity index is 865. The first-order chi connectivity index (χ1) is 13.6. The van der Waals surface area contributed by atoms with Crippen molar-refractivity contribution in [3.05, 3.63) is 71.0 Å². The van der Waals surface area contributed by atoms with Gasteiger partial charge in [0.1, 0.15) is 23.9 Å². The maximum Gasteiger partial charge on any atom is 0.254 e. The van der Waals surface area contributed by atoms with E-state index in [9.17, 15) is 4.79 Å². The second-order valence-electron chi connectivity index (χ2n) is 6.41. The van der Waals surface area contributed by atoms with Crippen molar-refractivity contribution in [2.75, 3.05) is 20.3 Å². The minimum Gasteiger partial charge on any atom is -0.489 e. The fraction of sp³-hybridized carbons (Fsp3) is 0.333. The molecule has 0 saturated heterocycles. The highest BCUT2D eigenvalue weighted by Crippen LogP contribution is 2.19. The molecule has 0 radical (unpaired) electrons. The van der Waals surface area contributed by atoms with Crippen LogP contribution in [0.2, 0.25) is 0 Å². The molecule has 2 aromatic heterocycles. The molecule has 0 atom stereocenters. The molecule has 28 heavy (non-hydrogen) atoms. The highest BCUT2D eigenvalue weighted by atomic mass is 16.5. The Hall–Kier alpha value is -3.06. The van der Waals surface area contributed by atoms with Crippen molar-refractivity contribution < 1.29 is 23.2 Å². The van der Waals surface area contributed by atoms with E-state index < -0.39 is 0 Å². The fourth-order valence-corrected chi connectivity index (χ4v) is 2.78. The third-order valence-corrected chi connectivity index (χ3v) is 4.44. The van der Waals surface area contributed by atoms with Crippen molar-refractivity contribution in [3.8, 4) is 5.75 Å².